The molecule has 0 saturated carbocycles. The van der Waals surface area contributed by atoms with Gasteiger partial charge in [-0.2, -0.15) is 0 Å². The molecule has 7 heteroatoms. The Balaban J connectivity index is 1.53. The summed E-state index contributed by atoms with van der Waals surface area (Å²) >= 11 is 1.74. The maximum atomic E-state index is 13.5. The molecule has 0 bridgehead atoms. The van der Waals surface area contributed by atoms with Gasteiger partial charge in [-0.25, -0.2) is 9.37 Å². The average Bonchev–Trinajstić information content (AvgIpc) is 2.84. The van der Waals surface area contributed by atoms with E-state index in [1.165, 1.54) is 18.3 Å². The SMILES string of the molecule is O=C(CCF)N1CC2(C[C@H](Oc3ncccc3F)CS2)C1. The van der Waals surface area contributed by atoms with Crippen LogP contribution in [0.5, 0.6) is 5.88 Å². The van der Waals surface area contributed by atoms with Crippen molar-refractivity contribution in [3.63, 3.8) is 0 Å². The number of amides is 1. The number of carbonyl (C=O) groups is 1. The quantitative estimate of drug-likeness (QED) is 0.853. The van der Waals surface area contributed by atoms with Crippen LogP contribution in [0.3, 0.4) is 0 Å². The minimum atomic E-state index is -0.611. The normalized spacial score (nSPS) is 23.1. The first-order chi connectivity index (χ1) is 10.1. The second kappa shape index (κ2) is 5.79. The summed E-state index contributed by atoms with van der Waals surface area (Å²) in [6.45, 7) is 0.641. The minimum Gasteiger partial charge on any atom is -0.471 e. The van der Waals surface area contributed by atoms with E-state index in [-0.39, 0.29) is 29.1 Å². The van der Waals surface area contributed by atoms with Crippen LogP contribution >= 0.6 is 11.8 Å². The molecule has 4 nitrogen and oxygen atoms in total. The second-order valence-corrected chi connectivity index (χ2v) is 6.91. The van der Waals surface area contributed by atoms with Crippen molar-refractivity contribution >= 4 is 17.7 Å². The van der Waals surface area contributed by atoms with Crippen LogP contribution < -0.4 is 4.74 Å². The number of halogens is 2. The van der Waals surface area contributed by atoms with Gasteiger partial charge in [0.05, 0.1) is 17.8 Å². The van der Waals surface area contributed by atoms with Crippen LogP contribution in [0.15, 0.2) is 18.3 Å². The van der Waals surface area contributed by atoms with Gasteiger partial charge in [-0.15, -0.1) is 11.8 Å². The summed E-state index contributed by atoms with van der Waals surface area (Å²) < 4.78 is 31.3. The third-order valence-electron chi connectivity index (χ3n) is 3.80. The Bertz CT molecular complexity index is 537. The van der Waals surface area contributed by atoms with Crippen molar-refractivity contribution in [2.45, 2.75) is 23.7 Å². The molecule has 3 rings (SSSR count). The first-order valence-corrected chi connectivity index (χ1v) is 7.85. The van der Waals surface area contributed by atoms with Crippen molar-refractivity contribution in [2.24, 2.45) is 0 Å². The highest BCUT2D eigenvalue weighted by molar-refractivity contribution is 8.01. The van der Waals surface area contributed by atoms with Crippen molar-refractivity contribution in [1.82, 2.24) is 9.88 Å². The third-order valence-corrected chi connectivity index (χ3v) is 5.37. The van der Waals surface area contributed by atoms with E-state index in [2.05, 4.69) is 4.98 Å². The molecule has 3 heterocycles. The monoisotopic (exact) mass is 314 g/mol. The van der Waals surface area contributed by atoms with Gasteiger partial charge < -0.3 is 9.64 Å². The van der Waals surface area contributed by atoms with Crippen molar-refractivity contribution in [2.75, 3.05) is 25.5 Å². The minimum absolute atomic E-state index is 0.0120. The highest BCUT2D eigenvalue weighted by Gasteiger charge is 2.51. The summed E-state index contributed by atoms with van der Waals surface area (Å²) in [5.41, 5.74) is 0. The first-order valence-electron chi connectivity index (χ1n) is 6.87. The molecule has 1 amide bonds. The van der Waals surface area contributed by atoms with Crippen molar-refractivity contribution < 1.29 is 18.3 Å². The molecule has 2 aliphatic heterocycles. The predicted octanol–water partition coefficient (Wildman–Crippen LogP) is 2.05. The molecule has 2 fully saturated rings. The molecule has 0 unspecified atom stereocenters. The standard InChI is InChI=1S/C14H16F2N2O2S/c15-4-3-12(19)18-8-14(9-18)6-10(7-21-14)20-13-11(16)2-1-5-17-13/h1-2,5,10H,3-4,6-9H2/t10-/m0/s1. The van der Waals surface area contributed by atoms with E-state index in [9.17, 15) is 13.6 Å². The number of alkyl halides is 1. The average molecular weight is 314 g/mol. The maximum Gasteiger partial charge on any atom is 0.250 e. The van der Waals surface area contributed by atoms with Gasteiger partial charge in [-0.3, -0.25) is 9.18 Å². The Morgan fingerprint density at radius 1 is 1.57 bits per heavy atom. The predicted molar refractivity (Wildman–Crippen MR) is 75.6 cm³/mol. The molecule has 2 saturated heterocycles. The smallest absolute Gasteiger partial charge is 0.250 e. The molecule has 1 aromatic heterocycles. The maximum absolute atomic E-state index is 13.5. The number of thioether (sulfide) groups is 1. The highest BCUT2D eigenvalue weighted by Crippen LogP contribution is 2.46. The molecule has 0 aromatic carbocycles. The fourth-order valence-corrected chi connectivity index (χ4v) is 4.30. The lowest BCUT2D eigenvalue weighted by Crippen LogP contribution is -2.60. The van der Waals surface area contributed by atoms with Crippen molar-refractivity contribution in [3.05, 3.63) is 24.1 Å². The number of pyridine rings is 1. The van der Waals surface area contributed by atoms with Crippen LogP contribution in [-0.2, 0) is 4.79 Å². The molecule has 2 aliphatic rings. The summed E-state index contributed by atoms with van der Waals surface area (Å²) in [5.74, 6) is 0.187. The van der Waals surface area contributed by atoms with Crippen LogP contribution in [0.2, 0.25) is 0 Å². The molecule has 1 atom stereocenters. The Hall–Kier alpha value is -1.37. The first kappa shape index (κ1) is 14.6. The molecule has 0 aliphatic carbocycles. The summed E-state index contributed by atoms with van der Waals surface area (Å²) in [4.78, 5) is 17.1. The number of aromatic nitrogens is 1. The fourth-order valence-electron chi connectivity index (χ4n) is 2.78. The van der Waals surface area contributed by atoms with E-state index in [0.29, 0.717) is 13.1 Å². The lowest BCUT2D eigenvalue weighted by atomic mass is 9.92. The molecule has 1 spiro atoms. The zero-order valence-electron chi connectivity index (χ0n) is 11.4. The van der Waals surface area contributed by atoms with Gasteiger partial charge in [-0.1, -0.05) is 0 Å². The van der Waals surface area contributed by atoms with Gasteiger partial charge in [0.25, 0.3) is 5.88 Å². The van der Waals surface area contributed by atoms with Crippen molar-refractivity contribution in [3.8, 4) is 5.88 Å². The molecule has 1 aromatic rings. The van der Waals surface area contributed by atoms with Crippen LogP contribution in [0.25, 0.3) is 0 Å². The largest absolute Gasteiger partial charge is 0.471 e. The number of likely N-dealkylation sites (tertiary alicyclic amines) is 1. The number of hydrogen-bond acceptors (Lipinski definition) is 4. The van der Waals surface area contributed by atoms with Crippen LogP contribution in [0.4, 0.5) is 8.78 Å². The van der Waals surface area contributed by atoms with E-state index in [1.807, 2.05) is 0 Å². The molecular weight excluding hydrogens is 298 g/mol. The lowest BCUT2D eigenvalue weighted by Gasteiger charge is -2.47. The van der Waals surface area contributed by atoms with Gasteiger partial charge in [-0.05, 0) is 12.1 Å². The summed E-state index contributed by atoms with van der Waals surface area (Å²) in [6, 6.07) is 2.84. The zero-order valence-corrected chi connectivity index (χ0v) is 12.2. The van der Waals surface area contributed by atoms with Crippen LogP contribution in [0, 0.1) is 5.82 Å². The molecular formula is C14H16F2N2O2S. The third kappa shape index (κ3) is 2.97. The van der Waals surface area contributed by atoms with E-state index in [1.54, 1.807) is 16.7 Å². The number of rotatable bonds is 4. The molecule has 0 N–H and O–H groups in total. The summed E-state index contributed by atoms with van der Waals surface area (Å²) in [6.07, 6.45) is 2.11. The summed E-state index contributed by atoms with van der Waals surface area (Å²) in [7, 11) is 0. The van der Waals surface area contributed by atoms with E-state index >= 15 is 0 Å². The van der Waals surface area contributed by atoms with Gasteiger partial charge >= 0.3 is 0 Å². The van der Waals surface area contributed by atoms with Crippen molar-refractivity contribution in [1.29, 1.82) is 0 Å². The Morgan fingerprint density at radius 3 is 3.10 bits per heavy atom. The van der Waals surface area contributed by atoms with Gasteiger partial charge in [0.15, 0.2) is 5.82 Å². The molecule has 0 radical (unpaired) electrons. The molecule has 114 valence electrons. The van der Waals surface area contributed by atoms with Gasteiger partial charge in [0, 0.05) is 31.5 Å². The van der Waals surface area contributed by atoms with Crippen LogP contribution in [0.1, 0.15) is 12.8 Å². The second-order valence-electron chi connectivity index (χ2n) is 5.42. The Morgan fingerprint density at radius 2 is 2.38 bits per heavy atom. The topological polar surface area (TPSA) is 42.4 Å². The fraction of sp³-hybridized carbons (Fsp3) is 0.571. The number of ether oxygens (including phenoxy) is 1. The van der Waals surface area contributed by atoms with E-state index in [0.717, 1.165) is 12.2 Å². The lowest BCUT2D eigenvalue weighted by molar-refractivity contribution is -0.136. The number of carbonyl (C=O) groups excluding carboxylic acids is 1. The Kier molecular flexibility index (Phi) is 4.01. The van der Waals surface area contributed by atoms with E-state index in [4.69, 9.17) is 4.74 Å². The Labute approximate surface area is 125 Å². The van der Waals surface area contributed by atoms with E-state index < -0.39 is 12.5 Å². The van der Waals surface area contributed by atoms with Crippen LogP contribution in [-0.4, -0.2) is 52.2 Å². The van der Waals surface area contributed by atoms with Gasteiger partial charge in [0.1, 0.15) is 6.10 Å². The number of hydrogen-bond donors (Lipinski definition) is 0. The highest BCUT2D eigenvalue weighted by atomic mass is 32.2. The summed E-state index contributed by atoms with van der Waals surface area (Å²) in [5, 5.41) is 0. The number of nitrogens with zero attached hydrogens (tertiary/aromatic N) is 2. The molecule has 21 heavy (non-hydrogen) atoms. The van der Waals surface area contributed by atoms with Gasteiger partial charge in [0.2, 0.25) is 5.91 Å². The zero-order chi connectivity index (χ0) is 14.9.